The molecule has 4 N–H and O–H groups in total. The molecule has 31 nitrogen and oxygen atoms in total. The number of ether oxygens (including phenoxy) is 11. The molecule has 12 amide bonds. The van der Waals surface area contributed by atoms with Crippen LogP contribution in [-0.4, -0.2) is 273 Å². The minimum absolute atomic E-state index is 0.0273. The molecule has 0 aromatic carbocycles. The lowest BCUT2D eigenvalue weighted by Gasteiger charge is -2.20. The number of nitrogens with zero attached hydrogens (tertiary/aromatic N) is 4. The van der Waals surface area contributed by atoms with Gasteiger partial charge >= 0.3 is 0 Å². The van der Waals surface area contributed by atoms with E-state index < -0.39 is 83.7 Å². The van der Waals surface area contributed by atoms with Gasteiger partial charge in [0.2, 0.25) is 23.6 Å². The van der Waals surface area contributed by atoms with Crippen LogP contribution in [-0.2, 0) is 110 Å². The fourth-order valence-corrected chi connectivity index (χ4v) is 7.65. The lowest BCUT2D eigenvalue weighted by atomic mass is 10.3. The first-order chi connectivity index (χ1) is 41.0. The minimum atomic E-state index is -0.700. The zero-order chi connectivity index (χ0) is 61.6. The summed E-state index contributed by atoms with van der Waals surface area (Å²) >= 11 is 0. The van der Waals surface area contributed by atoms with E-state index in [0.717, 1.165) is 68.2 Å². The van der Waals surface area contributed by atoms with Gasteiger partial charge in [-0.2, -0.15) is 0 Å². The van der Waals surface area contributed by atoms with Gasteiger partial charge in [-0.25, -0.2) is 0 Å². The number of hydrogen-bond acceptors (Lipinski definition) is 23. The van der Waals surface area contributed by atoms with E-state index in [1.807, 2.05) is 0 Å². The average molecular weight is 1210 g/mol. The van der Waals surface area contributed by atoms with Gasteiger partial charge in [0.05, 0.1) is 119 Å². The first kappa shape index (κ1) is 70.4. The number of rotatable bonds is 50. The van der Waals surface area contributed by atoms with Gasteiger partial charge in [0.15, 0.2) is 0 Å². The normalized spacial score (nSPS) is 15.9. The summed E-state index contributed by atoms with van der Waals surface area (Å²) in [5.41, 5.74) is 0. The molecule has 2 unspecified atom stereocenters. The third kappa shape index (κ3) is 29.6. The van der Waals surface area contributed by atoms with Crippen molar-refractivity contribution < 1.29 is 110 Å². The average Bonchev–Trinajstić information content (AvgIpc) is 4.28. The molecule has 472 valence electrons. The molecule has 4 heterocycles. The van der Waals surface area contributed by atoms with Crippen LogP contribution in [0.1, 0.15) is 39.5 Å². The molecule has 0 spiro atoms. The van der Waals surface area contributed by atoms with Crippen LogP contribution in [0.5, 0.6) is 0 Å². The smallest absolute Gasteiger partial charge is 0.253 e. The van der Waals surface area contributed by atoms with Crippen molar-refractivity contribution >= 4 is 70.9 Å². The maximum Gasteiger partial charge on any atom is 0.253 e. The topological polar surface area (TPSA) is 367 Å². The van der Waals surface area contributed by atoms with Gasteiger partial charge < -0.3 is 73.4 Å². The Bertz CT molecular complexity index is 2150. The highest BCUT2D eigenvalue weighted by molar-refractivity contribution is 6.14. The standard InChI is InChI=1S/C54H78N8O23/c1-39(57-45(65)13-19-61-51(71)7-8-52(61)72)82-31-29-80-37-42(38-81-30-32-83-40(2)58-46(66)14-20-62-53(73)9-10-54(62)74)85-34-28-77-27-33-84-41(35-78-25-23-75-21-15-55-43(63)11-17-59-47(67)3-4-48(59)68)36-79-26-24-76-22-16-56-44(64)12-18-60-49(69)5-6-50(60)70/h3-10,39-42H,11-38H2,1-2H3,(H,55,63)(H,56,64)(H,57,65)(H,58,66). The van der Waals surface area contributed by atoms with Gasteiger partial charge in [0.25, 0.3) is 47.3 Å². The first-order valence-electron chi connectivity index (χ1n) is 27.8. The lowest BCUT2D eigenvalue weighted by Crippen LogP contribution is -2.39. The summed E-state index contributed by atoms with van der Waals surface area (Å²) in [7, 11) is 0. The SMILES string of the molecule is CC(NC(=O)CCN1C(=O)C=CC1=O)OCCOCC(COCCOC(C)NC(=O)CCN1C(=O)C=CC1=O)OCCOCCOC(COCCOCCNC(=O)CCN1C(=O)C=CC1=O)COCCOCCNC(=O)CCN1C(=O)C=CC1=O. The maximum atomic E-state index is 12.4. The van der Waals surface area contributed by atoms with Gasteiger partial charge in [-0.05, 0) is 13.8 Å². The van der Waals surface area contributed by atoms with E-state index in [0.29, 0.717) is 0 Å². The molecule has 4 aliphatic heterocycles. The Labute approximate surface area is 491 Å². The Morgan fingerprint density at radius 3 is 0.871 bits per heavy atom. The van der Waals surface area contributed by atoms with Gasteiger partial charge in [-0.3, -0.25) is 77.1 Å². The van der Waals surface area contributed by atoms with Crippen molar-refractivity contribution in [3.63, 3.8) is 0 Å². The summed E-state index contributed by atoms with van der Waals surface area (Å²) in [5.74, 6) is -5.29. The zero-order valence-corrected chi connectivity index (χ0v) is 47.9. The zero-order valence-electron chi connectivity index (χ0n) is 47.9. The van der Waals surface area contributed by atoms with E-state index in [1.54, 1.807) is 13.8 Å². The summed E-state index contributed by atoms with van der Waals surface area (Å²) < 4.78 is 63.3. The Hall–Kier alpha value is -7.04. The van der Waals surface area contributed by atoms with Crippen LogP contribution in [0.4, 0.5) is 0 Å². The Morgan fingerprint density at radius 1 is 0.329 bits per heavy atom. The van der Waals surface area contributed by atoms with Crippen molar-refractivity contribution in [1.82, 2.24) is 40.9 Å². The minimum Gasteiger partial charge on any atom is -0.377 e. The van der Waals surface area contributed by atoms with Crippen LogP contribution in [0.15, 0.2) is 48.6 Å². The molecule has 31 heteroatoms. The fourth-order valence-electron chi connectivity index (χ4n) is 7.65. The number of carbonyl (C=O) groups excluding carboxylic acids is 12. The lowest BCUT2D eigenvalue weighted by molar-refractivity contribution is -0.139. The predicted molar refractivity (Wildman–Crippen MR) is 290 cm³/mol. The van der Waals surface area contributed by atoms with E-state index >= 15 is 0 Å². The van der Waals surface area contributed by atoms with E-state index in [9.17, 15) is 57.5 Å². The van der Waals surface area contributed by atoms with Crippen LogP contribution < -0.4 is 21.3 Å². The van der Waals surface area contributed by atoms with Crippen LogP contribution in [0.2, 0.25) is 0 Å². The highest BCUT2D eigenvalue weighted by Gasteiger charge is 2.27. The predicted octanol–water partition coefficient (Wildman–Crippen LogP) is -3.68. The second-order valence-electron chi connectivity index (χ2n) is 18.6. The van der Waals surface area contributed by atoms with Gasteiger partial charge in [0, 0.05) is 114 Å². The van der Waals surface area contributed by atoms with Crippen LogP contribution in [0.3, 0.4) is 0 Å². The highest BCUT2D eigenvalue weighted by Crippen LogP contribution is 2.08. The van der Waals surface area contributed by atoms with E-state index in [-0.39, 0.29) is 196 Å². The molecule has 4 aliphatic rings. The number of amides is 12. The van der Waals surface area contributed by atoms with Crippen molar-refractivity contribution in [3.8, 4) is 0 Å². The molecule has 0 bridgehead atoms. The van der Waals surface area contributed by atoms with Crippen LogP contribution in [0.25, 0.3) is 0 Å². The Kier molecular flexibility index (Phi) is 34.1. The van der Waals surface area contributed by atoms with E-state index in [4.69, 9.17) is 52.1 Å². The molecule has 0 aromatic heterocycles. The van der Waals surface area contributed by atoms with Crippen molar-refractivity contribution in [2.75, 3.05) is 158 Å². The maximum absolute atomic E-state index is 12.4. The fraction of sp³-hybridized carbons (Fsp3) is 0.630. The molecule has 85 heavy (non-hydrogen) atoms. The Balaban J connectivity index is 1.13. The van der Waals surface area contributed by atoms with Gasteiger partial charge in [-0.15, -0.1) is 0 Å². The van der Waals surface area contributed by atoms with Crippen molar-refractivity contribution in [2.24, 2.45) is 0 Å². The number of hydrogen-bond donors (Lipinski definition) is 4. The molecular formula is C54H78N8O23. The largest absolute Gasteiger partial charge is 0.377 e. The highest BCUT2D eigenvalue weighted by atomic mass is 16.6. The second-order valence-corrected chi connectivity index (χ2v) is 18.6. The molecule has 2 atom stereocenters. The van der Waals surface area contributed by atoms with Crippen molar-refractivity contribution in [1.29, 1.82) is 0 Å². The third-order valence-corrected chi connectivity index (χ3v) is 12.0. The number of carbonyl (C=O) groups is 12. The van der Waals surface area contributed by atoms with Crippen molar-refractivity contribution in [3.05, 3.63) is 48.6 Å². The molecular weight excluding hydrogens is 1130 g/mol. The first-order valence-corrected chi connectivity index (χ1v) is 27.8. The summed E-state index contributed by atoms with van der Waals surface area (Å²) in [6.45, 7) is 6.01. The summed E-state index contributed by atoms with van der Waals surface area (Å²) in [4.78, 5) is 147. The molecule has 0 aliphatic carbocycles. The van der Waals surface area contributed by atoms with E-state index in [1.165, 1.54) is 0 Å². The molecule has 4 rings (SSSR count). The second kappa shape index (κ2) is 41.1. The number of imide groups is 4. The summed E-state index contributed by atoms with van der Waals surface area (Å²) in [5, 5.41) is 10.6. The molecule has 0 fully saturated rings. The quantitative estimate of drug-likeness (QED) is 0.0259. The summed E-state index contributed by atoms with van der Waals surface area (Å²) in [6.07, 6.45) is 6.37. The van der Waals surface area contributed by atoms with Crippen LogP contribution in [0, 0.1) is 0 Å². The van der Waals surface area contributed by atoms with Gasteiger partial charge in [-0.1, -0.05) is 0 Å². The van der Waals surface area contributed by atoms with Gasteiger partial charge in [0.1, 0.15) is 24.7 Å². The molecule has 0 aromatic rings. The third-order valence-electron chi connectivity index (χ3n) is 12.0. The molecule has 0 saturated heterocycles. The summed E-state index contributed by atoms with van der Waals surface area (Å²) in [6, 6.07) is 0. The monoisotopic (exact) mass is 1210 g/mol. The van der Waals surface area contributed by atoms with Crippen LogP contribution >= 0.6 is 0 Å². The number of nitrogens with one attached hydrogen (secondary N) is 4. The molecule has 0 saturated carbocycles. The van der Waals surface area contributed by atoms with Crippen molar-refractivity contribution in [2.45, 2.75) is 64.2 Å². The molecule has 0 radical (unpaired) electrons. The Morgan fingerprint density at radius 2 is 0.565 bits per heavy atom. The van der Waals surface area contributed by atoms with E-state index in [2.05, 4.69) is 21.3 Å².